The van der Waals surface area contributed by atoms with Crippen molar-refractivity contribution in [2.45, 2.75) is 53.4 Å². The number of nitrogens with one attached hydrogen (secondary N) is 1. The summed E-state index contributed by atoms with van der Waals surface area (Å²) in [5.74, 6) is 3.31. The van der Waals surface area contributed by atoms with Gasteiger partial charge in [-0.2, -0.15) is 0 Å². The molecule has 1 aliphatic heterocycles. The first kappa shape index (κ1) is 17.8. The predicted molar refractivity (Wildman–Crippen MR) is 111 cm³/mol. The minimum Gasteiger partial charge on any atom is -0.345 e. The molecule has 1 atom stereocenters. The number of fused-ring (bicyclic) bond motifs is 2. The summed E-state index contributed by atoms with van der Waals surface area (Å²) in [6.07, 6.45) is 7.77. The molecular weight excluding hydrogens is 334 g/mol. The van der Waals surface area contributed by atoms with Crippen molar-refractivity contribution in [1.82, 2.24) is 19.9 Å². The number of pyridine rings is 1. The molecule has 0 amide bonds. The lowest BCUT2D eigenvalue weighted by Crippen LogP contribution is -2.15. The maximum Gasteiger partial charge on any atom is 0.155 e. The Labute approximate surface area is 160 Å². The molecule has 5 nitrogen and oxygen atoms in total. The van der Waals surface area contributed by atoms with Gasteiger partial charge < -0.3 is 4.98 Å². The molecule has 1 N–H and O–H groups in total. The fraction of sp³-hybridized carbons (Fsp3) is 0.455. The molecule has 1 unspecified atom stereocenters. The summed E-state index contributed by atoms with van der Waals surface area (Å²) in [6, 6.07) is 2.26. The van der Waals surface area contributed by atoms with E-state index in [0.717, 1.165) is 46.6 Å². The molecule has 0 aliphatic carbocycles. The van der Waals surface area contributed by atoms with E-state index in [1.807, 2.05) is 18.6 Å². The van der Waals surface area contributed by atoms with E-state index in [2.05, 4.69) is 60.6 Å². The summed E-state index contributed by atoms with van der Waals surface area (Å²) in [7, 11) is 0. The van der Waals surface area contributed by atoms with Crippen LogP contribution in [0.3, 0.4) is 0 Å². The van der Waals surface area contributed by atoms with Crippen LogP contribution in [0.2, 0.25) is 0 Å². The number of H-pyrrole nitrogens is 1. The third-order valence-corrected chi connectivity index (χ3v) is 5.30. The predicted octanol–water partition coefficient (Wildman–Crippen LogP) is 5.45. The van der Waals surface area contributed by atoms with Gasteiger partial charge in [-0.25, -0.2) is 19.9 Å². The Morgan fingerprint density at radius 2 is 1.96 bits per heavy atom. The van der Waals surface area contributed by atoms with E-state index >= 15 is 0 Å². The molecule has 5 heteroatoms. The fourth-order valence-corrected chi connectivity index (χ4v) is 3.88. The highest BCUT2D eigenvalue weighted by molar-refractivity contribution is 5.93. The molecule has 3 aromatic rings. The van der Waals surface area contributed by atoms with Crippen LogP contribution in [0.25, 0.3) is 22.2 Å². The number of aliphatic imine (C=N–C) groups is 1. The first-order valence-corrected chi connectivity index (χ1v) is 9.80. The Bertz CT molecular complexity index is 1010. The number of nitrogens with zero attached hydrogens (tertiary/aromatic N) is 4. The Morgan fingerprint density at radius 1 is 1.15 bits per heavy atom. The van der Waals surface area contributed by atoms with Crippen molar-refractivity contribution < 1.29 is 0 Å². The monoisotopic (exact) mass is 361 g/mol. The second-order valence-electron chi connectivity index (χ2n) is 8.39. The summed E-state index contributed by atoms with van der Waals surface area (Å²) in [6.45, 7) is 11.0. The van der Waals surface area contributed by atoms with E-state index in [1.54, 1.807) is 0 Å². The topological polar surface area (TPSA) is 66.8 Å². The number of rotatable bonds is 4. The zero-order valence-electron chi connectivity index (χ0n) is 16.7. The van der Waals surface area contributed by atoms with E-state index in [-0.39, 0.29) is 0 Å². The molecule has 0 fully saturated rings. The SMILES string of the molecule is CC1=Nc2ncc(-c3c[nH]c4nc(CC(C)C)ncc34)cc2C(C(C)C)C1. The van der Waals surface area contributed by atoms with Gasteiger partial charge in [-0.1, -0.05) is 27.7 Å². The highest BCUT2D eigenvalue weighted by atomic mass is 14.9. The van der Waals surface area contributed by atoms with Crippen molar-refractivity contribution >= 4 is 22.6 Å². The number of aromatic amines is 1. The van der Waals surface area contributed by atoms with Crippen LogP contribution in [0.4, 0.5) is 5.82 Å². The standard InChI is InChI=1S/C22H27N5/c1-12(2)6-20-23-11-19-18(10-25-22(19)27-20)15-8-17-16(13(3)4)7-14(5)26-21(17)24-9-15/h8-13,16H,6-7H2,1-5H3,(H,23,25,27). The molecule has 4 rings (SSSR count). The average molecular weight is 361 g/mol. The highest BCUT2D eigenvalue weighted by Gasteiger charge is 2.25. The molecule has 140 valence electrons. The third kappa shape index (κ3) is 3.38. The summed E-state index contributed by atoms with van der Waals surface area (Å²) >= 11 is 0. The third-order valence-electron chi connectivity index (χ3n) is 5.30. The van der Waals surface area contributed by atoms with Gasteiger partial charge in [-0.3, -0.25) is 0 Å². The molecule has 3 aromatic heterocycles. The van der Waals surface area contributed by atoms with Crippen LogP contribution in [0.1, 0.15) is 58.3 Å². The van der Waals surface area contributed by atoms with Gasteiger partial charge in [0.15, 0.2) is 5.82 Å². The largest absolute Gasteiger partial charge is 0.345 e. The average Bonchev–Trinajstić information content (AvgIpc) is 3.03. The lowest BCUT2D eigenvalue weighted by molar-refractivity contribution is 0.506. The van der Waals surface area contributed by atoms with Gasteiger partial charge >= 0.3 is 0 Å². The quantitative estimate of drug-likeness (QED) is 0.671. The fourth-order valence-electron chi connectivity index (χ4n) is 3.88. The van der Waals surface area contributed by atoms with Crippen LogP contribution in [0.15, 0.2) is 29.6 Å². The van der Waals surface area contributed by atoms with Crippen LogP contribution in [0, 0.1) is 11.8 Å². The molecule has 0 bridgehead atoms. The van der Waals surface area contributed by atoms with Crippen LogP contribution >= 0.6 is 0 Å². The van der Waals surface area contributed by atoms with Crippen molar-refractivity contribution in [3.05, 3.63) is 36.0 Å². The van der Waals surface area contributed by atoms with E-state index in [4.69, 9.17) is 4.98 Å². The summed E-state index contributed by atoms with van der Waals surface area (Å²) in [4.78, 5) is 21.9. The Kier molecular flexibility index (Phi) is 4.54. The van der Waals surface area contributed by atoms with Gasteiger partial charge in [-0.15, -0.1) is 0 Å². The lowest BCUT2D eigenvalue weighted by Gasteiger charge is -2.26. The Morgan fingerprint density at radius 3 is 2.70 bits per heavy atom. The van der Waals surface area contributed by atoms with Gasteiger partial charge in [0.25, 0.3) is 0 Å². The van der Waals surface area contributed by atoms with Crippen molar-refractivity contribution in [3.8, 4) is 11.1 Å². The molecule has 0 saturated heterocycles. The smallest absolute Gasteiger partial charge is 0.155 e. The van der Waals surface area contributed by atoms with Gasteiger partial charge in [0.05, 0.1) is 0 Å². The zero-order valence-corrected chi connectivity index (χ0v) is 16.7. The van der Waals surface area contributed by atoms with Crippen LogP contribution in [-0.2, 0) is 6.42 Å². The van der Waals surface area contributed by atoms with E-state index in [0.29, 0.717) is 17.8 Å². The maximum atomic E-state index is 4.69. The second kappa shape index (κ2) is 6.87. The molecule has 4 heterocycles. The Balaban J connectivity index is 1.77. The van der Waals surface area contributed by atoms with E-state index < -0.39 is 0 Å². The molecule has 1 aliphatic rings. The van der Waals surface area contributed by atoms with Gasteiger partial charge in [0.2, 0.25) is 0 Å². The van der Waals surface area contributed by atoms with E-state index in [1.165, 1.54) is 11.3 Å². The number of hydrogen-bond acceptors (Lipinski definition) is 4. The molecule has 0 spiro atoms. The zero-order chi connectivity index (χ0) is 19.1. The van der Waals surface area contributed by atoms with Crippen molar-refractivity contribution in [3.63, 3.8) is 0 Å². The molecule has 0 saturated carbocycles. The lowest BCUT2D eigenvalue weighted by atomic mass is 9.82. The summed E-state index contributed by atoms with van der Waals surface area (Å²) < 4.78 is 0. The second-order valence-corrected chi connectivity index (χ2v) is 8.39. The molecule has 0 aromatic carbocycles. The van der Waals surface area contributed by atoms with Crippen LogP contribution < -0.4 is 0 Å². The molecule has 27 heavy (non-hydrogen) atoms. The first-order valence-electron chi connectivity index (χ1n) is 9.80. The first-order chi connectivity index (χ1) is 12.9. The summed E-state index contributed by atoms with van der Waals surface area (Å²) in [5, 5.41) is 1.04. The van der Waals surface area contributed by atoms with Gasteiger partial charge in [0, 0.05) is 52.8 Å². The minimum atomic E-state index is 0.462. The maximum absolute atomic E-state index is 4.69. The number of aromatic nitrogens is 4. The minimum absolute atomic E-state index is 0.462. The van der Waals surface area contributed by atoms with Gasteiger partial charge in [0.1, 0.15) is 11.5 Å². The van der Waals surface area contributed by atoms with Crippen molar-refractivity contribution in [2.24, 2.45) is 16.8 Å². The van der Waals surface area contributed by atoms with Crippen molar-refractivity contribution in [1.29, 1.82) is 0 Å². The van der Waals surface area contributed by atoms with Crippen LogP contribution in [-0.4, -0.2) is 25.6 Å². The normalized spacial score (nSPS) is 16.9. The van der Waals surface area contributed by atoms with Gasteiger partial charge in [-0.05, 0) is 37.2 Å². The van der Waals surface area contributed by atoms with Crippen LogP contribution in [0.5, 0.6) is 0 Å². The highest BCUT2D eigenvalue weighted by Crippen LogP contribution is 2.40. The molecule has 0 radical (unpaired) electrons. The van der Waals surface area contributed by atoms with E-state index in [9.17, 15) is 0 Å². The Hall–Kier alpha value is -2.56. The number of hydrogen-bond donors (Lipinski definition) is 1. The molecular formula is C22H27N5. The van der Waals surface area contributed by atoms with Crippen molar-refractivity contribution in [2.75, 3.05) is 0 Å². The summed E-state index contributed by atoms with van der Waals surface area (Å²) in [5.41, 5.74) is 5.51.